The number of rotatable bonds is 11. The van der Waals surface area contributed by atoms with E-state index in [-0.39, 0.29) is 17.7 Å². The van der Waals surface area contributed by atoms with Gasteiger partial charge < -0.3 is 18.6 Å². The van der Waals surface area contributed by atoms with Crippen LogP contribution in [0.5, 0.6) is 0 Å². The van der Waals surface area contributed by atoms with E-state index >= 15 is 0 Å². The van der Waals surface area contributed by atoms with Crippen LogP contribution in [0.25, 0.3) is 0 Å². The van der Waals surface area contributed by atoms with Gasteiger partial charge in [-0.25, -0.2) is 0 Å². The fourth-order valence-corrected chi connectivity index (χ4v) is 6.43. The Labute approximate surface area is 248 Å². The van der Waals surface area contributed by atoms with Gasteiger partial charge in [-0.05, 0) is 54.2 Å². The van der Waals surface area contributed by atoms with Crippen molar-refractivity contribution in [2.45, 2.75) is 82.5 Å². The average Bonchev–Trinajstić information content (AvgIpc) is 3.28. The van der Waals surface area contributed by atoms with Crippen LogP contribution in [0.2, 0.25) is 18.1 Å². The van der Waals surface area contributed by atoms with Crippen LogP contribution in [0.15, 0.2) is 116 Å². The standard InChI is InChI=1S/C36H46O4Si/c1-10-31(40-41(8,9)34(3,4)5)33-32(38-35(6,7)39-33)27(2)26-37-36(28-20-14-11-15-21-28,29-22-16-12-17-23-29)30-24-18-13-19-25-30/h10-25,31-33H,1-2,26H2,3-9H3. The Kier molecular flexibility index (Phi) is 9.27. The van der Waals surface area contributed by atoms with Crippen LogP contribution in [-0.4, -0.2) is 39.0 Å². The molecule has 41 heavy (non-hydrogen) atoms. The SMILES string of the molecule is C=CC(O[Si](C)(C)C(C)(C)C)C1OC(C)(C)OC1C(=C)COC(c1ccccc1)(c1ccccc1)c1ccccc1. The van der Waals surface area contributed by atoms with Crippen molar-refractivity contribution in [3.8, 4) is 0 Å². The van der Waals surface area contributed by atoms with Gasteiger partial charge in [-0.3, -0.25) is 0 Å². The summed E-state index contributed by atoms with van der Waals surface area (Å²) in [6, 6.07) is 31.1. The summed E-state index contributed by atoms with van der Waals surface area (Å²) in [6.45, 7) is 23.9. The minimum Gasteiger partial charge on any atom is -0.408 e. The van der Waals surface area contributed by atoms with Crippen LogP contribution in [0.3, 0.4) is 0 Å². The molecule has 5 heteroatoms. The van der Waals surface area contributed by atoms with Gasteiger partial charge in [0.1, 0.15) is 17.8 Å². The Morgan fingerprint density at radius 1 is 0.854 bits per heavy atom. The van der Waals surface area contributed by atoms with Crippen molar-refractivity contribution in [3.05, 3.63) is 132 Å². The molecule has 1 heterocycles. The topological polar surface area (TPSA) is 36.9 Å². The molecular formula is C36H46O4Si. The summed E-state index contributed by atoms with van der Waals surface area (Å²) in [5.41, 5.74) is 3.05. The molecule has 3 unspecified atom stereocenters. The van der Waals surface area contributed by atoms with E-state index in [9.17, 15) is 0 Å². The lowest BCUT2D eigenvalue weighted by Crippen LogP contribution is -2.49. The molecule has 0 radical (unpaired) electrons. The number of ether oxygens (including phenoxy) is 3. The van der Waals surface area contributed by atoms with E-state index in [1.165, 1.54) is 0 Å². The van der Waals surface area contributed by atoms with Crippen LogP contribution < -0.4 is 0 Å². The lowest BCUT2D eigenvalue weighted by molar-refractivity contribution is -0.150. The molecule has 4 rings (SSSR count). The van der Waals surface area contributed by atoms with Crippen molar-refractivity contribution in [2.24, 2.45) is 0 Å². The number of hydrogen-bond acceptors (Lipinski definition) is 4. The minimum atomic E-state index is -2.12. The molecule has 0 saturated carbocycles. The summed E-state index contributed by atoms with van der Waals surface area (Å²) in [4.78, 5) is 0. The molecule has 218 valence electrons. The maximum Gasteiger partial charge on any atom is 0.193 e. The van der Waals surface area contributed by atoms with Crippen LogP contribution in [0.4, 0.5) is 0 Å². The van der Waals surface area contributed by atoms with Gasteiger partial charge in [0.15, 0.2) is 14.1 Å². The van der Waals surface area contributed by atoms with Crippen LogP contribution in [0.1, 0.15) is 51.3 Å². The van der Waals surface area contributed by atoms with Crippen molar-refractivity contribution in [2.75, 3.05) is 6.61 Å². The molecule has 1 saturated heterocycles. The number of benzene rings is 3. The van der Waals surface area contributed by atoms with Gasteiger partial charge >= 0.3 is 0 Å². The molecule has 0 N–H and O–H groups in total. The van der Waals surface area contributed by atoms with Gasteiger partial charge in [0.05, 0.1) is 12.7 Å². The van der Waals surface area contributed by atoms with E-state index in [1.807, 2.05) is 74.5 Å². The van der Waals surface area contributed by atoms with Gasteiger partial charge in [0.25, 0.3) is 0 Å². The molecule has 0 spiro atoms. The quantitative estimate of drug-likeness (QED) is 0.131. The molecule has 3 aromatic carbocycles. The molecule has 4 nitrogen and oxygen atoms in total. The monoisotopic (exact) mass is 570 g/mol. The van der Waals surface area contributed by atoms with Gasteiger partial charge in [-0.2, -0.15) is 0 Å². The second-order valence-corrected chi connectivity index (χ2v) is 17.6. The zero-order valence-electron chi connectivity index (χ0n) is 25.7. The highest BCUT2D eigenvalue weighted by Crippen LogP contribution is 2.43. The normalized spacial score (nSPS) is 20.0. The molecule has 3 aromatic rings. The molecular weight excluding hydrogens is 524 g/mol. The highest BCUT2D eigenvalue weighted by Gasteiger charge is 2.49. The molecule has 0 aromatic heterocycles. The molecule has 1 aliphatic heterocycles. The Hall–Kier alpha value is -2.80. The van der Waals surface area contributed by atoms with E-state index in [0.29, 0.717) is 0 Å². The highest BCUT2D eigenvalue weighted by atomic mass is 28.4. The fourth-order valence-electron chi connectivity index (χ4n) is 5.16. The zero-order valence-corrected chi connectivity index (χ0v) is 26.7. The third-order valence-electron chi connectivity index (χ3n) is 8.34. The predicted octanol–water partition coefficient (Wildman–Crippen LogP) is 8.65. The summed E-state index contributed by atoms with van der Waals surface area (Å²) >= 11 is 0. The summed E-state index contributed by atoms with van der Waals surface area (Å²) in [5.74, 6) is -0.800. The van der Waals surface area contributed by atoms with Crippen LogP contribution >= 0.6 is 0 Å². The van der Waals surface area contributed by atoms with Crippen molar-refractivity contribution in [1.29, 1.82) is 0 Å². The largest absolute Gasteiger partial charge is 0.408 e. The van der Waals surface area contributed by atoms with Gasteiger partial charge in [-0.1, -0.05) is 124 Å². The molecule has 0 bridgehead atoms. The van der Waals surface area contributed by atoms with E-state index in [1.54, 1.807) is 0 Å². The molecule has 3 atom stereocenters. The zero-order chi connectivity index (χ0) is 29.9. The predicted molar refractivity (Wildman–Crippen MR) is 170 cm³/mol. The summed E-state index contributed by atoms with van der Waals surface area (Å²) in [7, 11) is -2.12. The van der Waals surface area contributed by atoms with Crippen LogP contribution in [0, 0.1) is 0 Å². The average molecular weight is 571 g/mol. The summed E-state index contributed by atoms with van der Waals surface area (Å²) in [5, 5.41) is 0.0412. The second-order valence-electron chi connectivity index (χ2n) is 12.8. The van der Waals surface area contributed by atoms with Crippen LogP contribution in [-0.2, 0) is 24.2 Å². The first-order valence-corrected chi connectivity index (χ1v) is 17.4. The summed E-state index contributed by atoms with van der Waals surface area (Å²) in [6.07, 6.45) is 0.672. The van der Waals surface area contributed by atoms with Crippen molar-refractivity contribution >= 4 is 8.32 Å². The maximum absolute atomic E-state index is 7.05. The first kappa shape index (κ1) is 31.1. The smallest absolute Gasteiger partial charge is 0.193 e. The summed E-state index contributed by atoms with van der Waals surface area (Å²) < 4.78 is 26.8. The first-order chi connectivity index (χ1) is 19.3. The van der Waals surface area contributed by atoms with Gasteiger partial charge in [0, 0.05) is 0 Å². The molecule has 0 amide bonds. The minimum absolute atomic E-state index is 0.0412. The van der Waals surface area contributed by atoms with Gasteiger partial charge in [0.2, 0.25) is 0 Å². The van der Waals surface area contributed by atoms with Crippen molar-refractivity contribution in [3.63, 3.8) is 0 Å². The lowest BCUT2D eigenvalue weighted by atomic mass is 9.80. The maximum atomic E-state index is 7.05. The third-order valence-corrected chi connectivity index (χ3v) is 12.8. The molecule has 0 aliphatic carbocycles. The van der Waals surface area contributed by atoms with Gasteiger partial charge in [-0.15, -0.1) is 6.58 Å². The van der Waals surface area contributed by atoms with Crippen molar-refractivity contribution < 1.29 is 18.6 Å². The molecule has 1 aliphatic rings. The Balaban J connectivity index is 1.70. The highest BCUT2D eigenvalue weighted by molar-refractivity contribution is 6.74. The van der Waals surface area contributed by atoms with E-state index < -0.39 is 31.9 Å². The fraction of sp³-hybridized carbons (Fsp3) is 0.389. The Morgan fingerprint density at radius 2 is 1.29 bits per heavy atom. The second kappa shape index (κ2) is 12.2. The van der Waals surface area contributed by atoms with Crippen molar-refractivity contribution in [1.82, 2.24) is 0 Å². The lowest BCUT2D eigenvalue weighted by Gasteiger charge is -2.40. The third kappa shape index (κ3) is 6.66. The Morgan fingerprint density at radius 3 is 1.68 bits per heavy atom. The number of hydrogen-bond donors (Lipinski definition) is 0. The Bertz CT molecular complexity index is 1200. The van der Waals surface area contributed by atoms with E-state index in [2.05, 4.69) is 83.4 Å². The van der Waals surface area contributed by atoms with E-state index in [4.69, 9.17) is 18.6 Å². The van der Waals surface area contributed by atoms with E-state index in [0.717, 1.165) is 22.3 Å². The molecule has 1 fully saturated rings. The first-order valence-electron chi connectivity index (χ1n) is 14.4.